The van der Waals surface area contributed by atoms with Crippen molar-refractivity contribution in [3.63, 3.8) is 0 Å². The van der Waals surface area contributed by atoms with Crippen molar-refractivity contribution in [1.29, 1.82) is 0 Å². The van der Waals surface area contributed by atoms with E-state index >= 15 is 0 Å². The Balaban J connectivity index is 1.58. The van der Waals surface area contributed by atoms with E-state index in [-0.39, 0.29) is 34.8 Å². The molecule has 2 saturated carbocycles. The Kier molecular flexibility index (Phi) is 8.14. The summed E-state index contributed by atoms with van der Waals surface area (Å²) in [6, 6.07) is 7.14. The normalized spacial score (nSPS) is 25.9. The van der Waals surface area contributed by atoms with E-state index in [9.17, 15) is 19.8 Å². The highest BCUT2D eigenvalue weighted by Crippen LogP contribution is 2.48. The summed E-state index contributed by atoms with van der Waals surface area (Å²) in [5.41, 5.74) is 1.44. The molecule has 1 aromatic rings. The number of ketones is 1. The molecule has 0 aromatic heterocycles. The van der Waals surface area contributed by atoms with Crippen LogP contribution in [0.15, 0.2) is 49.1 Å². The van der Waals surface area contributed by atoms with Crippen molar-refractivity contribution >= 4 is 23.5 Å². The van der Waals surface area contributed by atoms with E-state index in [1.807, 2.05) is 30.4 Å². The number of carbonyl (C=O) groups excluding carboxylic acids is 2. The third-order valence-electron chi connectivity index (χ3n) is 6.65. The van der Waals surface area contributed by atoms with Gasteiger partial charge < -0.3 is 14.9 Å². The van der Waals surface area contributed by atoms with Crippen LogP contribution in [0.25, 0.3) is 0 Å². The first-order chi connectivity index (χ1) is 14.9. The van der Waals surface area contributed by atoms with Gasteiger partial charge >= 0.3 is 5.97 Å². The number of carbonyl (C=O) groups is 2. The standard InChI is InChI=1S/C25H32O5S/c1-3-12-25(13-5-14-25)22(28)7-4-6-19-20(26)15-21(27)23(19)31-16-17-8-10-18(11-9-17)24(29)30-2/h3-4,6,8-11,19-20,22-23,26,28H,1,5,7,12-16H2,2H3/b6-4+/t19-,20+,22?,23?/m0/s1. The molecule has 5 nitrogen and oxygen atoms in total. The summed E-state index contributed by atoms with van der Waals surface area (Å²) in [6.07, 6.45) is 9.30. The highest BCUT2D eigenvalue weighted by molar-refractivity contribution is 7.99. The molecular formula is C25H32O5S. The number of hydrogen-bond acceptors (Lipinski definition) is 6. The predicted molar refractivity (Wildman–Crippen MR) is 123 cm³/mol. The molecule has 168 valence electrons. The molecular weight excluding hydrogens is 412 g/mol. The second-order valence-corrected chi connectivity index (χ2v) is 9.75. The molecule has 2 aliphatic carbocycles. The van der Waals surface area contributed by atoms with Crippen LogP contribution in [0.2, 0.25) is 0 Å². The van der Waals surface area contributed by atoms with Gasteiger partial charge in [0.15, 0.2) is 0 Å². The Bertz CT molecular complexity index is 812. The van der Waals surface area contributed by atoms with E-state index in [1.165, 1.54) is 18.9 Å². The van der Waals surface area contributed by atoms with Crippen molar-refractivity contribution < 1.29 is 24.5 Å². The first-order valence-electron chi connectivity index (χ1n) is 10.9. The van der Waals surface area contributed by atoms with Crippen molar-refractivity contribution in [2.45, 2.75) is 61.7 Å². The first-order valence-corrected chi connectivity index (χ1v) is 11.9. The molecule has 31 heavy (non-hydrogen) atoms. The lowest BCUT2D eigenvalue weighted by Gasteiger charge is -2.45. The van der Waals surface area contributed by atoms with Crippen LogP contribution in [0.3, 0.4) is 0 Å². The Morgan fingerprint density at radius 1 is 1.35 bits per heavy atom. The summed E-state index contributed by atoms with van der Waals surface area (Å²) in [4.78, 5) is 24.0. The molecule has 1 aromatic carbocycles. The zero-order valence-corrected chi connectivity index (χ0v) is 18.9. The van der Waals surface area contributed by atoms with Crippen molar-refractivity contribution in [3.05, 3.63) is 60.2 Å². The van der Waals surface area contributed by atoms with Crippen LogP contribution in [-0.2, 0) is 15.3 Å². The molecule has 2 unspecified atom stereocenters. The van der Waals surface area contributed by atoms with Crippen LogP contribution in [0, 0.1) is 11.3 Å². The average Bonchev–Trinajstić information content (AvgIpc) is 3.01. The Morgan fingerprint density at radius 3 is 2.65 bits per heavy atom. The lowest BCUT2D eigenvalue weighted by atomic mass is 9.62. The number of ether oxygens (including phenoxy) is 1. The average molecular weight is 445 g/mol. The number of thioether (sulfide) groups is 1. The topological polar surface area (TPSA) is 83.8 Å². The number of hydrogen-bond donors (Lipinski definition) is 2. The lowest BCUT2D eigenvalue weighted by molar-refractivity contribution is -0.117. The number of benzene rings is 1. The number of Topliss-reactive ketones (excluding diaryl/α,β-unsaturated/α-hetero) is 1. The summed E-state index contributed by atoms with van der Waals surface area (Å²) in [5.74, 6) is 0.0363. The van der Waals surface area contributed by atoms with Gasteiger partial charge in [-0.3, -0.25) is 4.79 Å². The zero-order chi connectivity index (χ0) is 22.4. The van der Waals surface area contributed by atoms with E-state index in [0.29, 0.717) is 17.7 Å². The number of methoxy groups -OCH3 is 1. The predicted octanol–water partition coefficient (Wildman–Crippen LogP) is 4.08. The fourth-order valence-corrected chi connectivity index (χ4v) is 5.90. The van der Waals surface area contributed by atoms with Crippen molar-refractivity contribution in [2.24, 2.45) is 11.3 Å². The SMILES string of the molecule is C=CCC1(C(O)C/C=C/[C@@H]2C(SCc3ccc(C(=O)OC)cc3)C(=O)C[C@H]2O)CCC1. The van der Waals surface area contributed by atoms with Gasteiger partial charge in [-0.2, -0.15) is 0 Å². The maximum absolute atomic E-state index is 12.5. The van der Waals surface area contributed by atoms with Crippen molar-refractivity contribution in [2.75, 3.05) is 7.11 Å². The summed E-state index contributed by atoms with van der Waals surface area (Å²) < 4.78 is 4.71. The quantitative estimate of drug-likeness (QED) is 0.418. The minimum atomic E-state index is -0.689. The number of esters is 1. The monoisotopic (exact) mass is 444 g/mol. The number of rotatable bonds is 10. The minimum absolute atomic E-state index is 0.0548. The molecule has 3 rings (SSSR count). The second kappa shape index (κ2) is 10.6. The number of allylic oxidation sites excluding steroid dienone is 1. The first kappa shape index (κ1) is 23.8. The molecule has 0 amide bonds. The van der Waals surface area contributed by atoms with Gasteiger partial charge in [0.2, 0.25) is 0 Å². The highest BCUT2D eigenvalue weighted by atomic mass is 32.2. The molecule has 0 spiro atoms. The molecule has 0 aliphatic heterocycles. The van der Waals surface area contributed by atoms with Gasteiger partial charge in [0.25, 0.3) is 0 Å². The molecule has 0 radical (unpaired) electrons. The van der Waals surface area contributed by atoms with E-state index in [4.69, 9.17) is 4.74 Å². The Labute approximate surface area is 188 Å². The second-order valence-electron chi connectivity index (χ2n) is 8.62. The van der Waals surface area contributed by atoms with Gasteiger partial charge in [-0.05, 0) is 43.4 Å². The fraction of sp³-hybridized carbons (Fsp3) is 0.520. The third-order valence-corrected chi connectivity index (χ3v) is 8.09. The van der Waals surface area contributed by atoms with Crippen LogP contribution in [0.4, 0.5) is 0 Å². The largest absolute Gasteiger partial charge is 0.465 e. The fourth-order valence-electron chi connectivity index (χ4n) is 4.56. The van der Waals surface area contributed by atoms with Crippen molar-refractivity contribution in [3.8, 4) is 0 Å². The van der Waals surface area contributed by atoms with Gasteiger partial charge in [-0.15, -0.1) is 18.3 Å². The molecule has 0 saturated heterocycles. The third kappa shape index (κ3) is 5.48. The number of aliphatic hydroxyl groups is 2. The molecule has 0 heterocycles. The zero-order valence-electron chi connectivity index (χ0n) is 18.0. The maximum Gasteiger partial charge on any atom is 0.337 e. The van der Waals surface area contributed by atoms with Crippen molar-refractivity contribution in [1.82, 2.24) is 0 Å². The smallest absolute Gasteiger partial charge is 0.337 e. The molecule has 6 heteroatoms. The van der Waals surface area contributed by atoms with E-state index in [1.54, 1.807) is 12.1 Å². The molecule has 2 fully saturated rings. The maximum atomic E-state index is 12.5. The van der Waals surface area contributed by atoms with Gasteiger partial charge in [-0.25, -0.2) is 4.79 Å². The summed E-state index contributed by atoms with van der Waals surface area (Å²) in [6.45, 7) is 3.82. The molecule has 0 bridgehead atoms. The van der Waals surface area contributed by atoms with Crippen LogP contribution in [-0.4, -0.2) is 46.5 Å². The van der Waals surface area contributed by atoms with Gasteiger partial charge in [0, 0.05) is 23.5 Å². The lowest BCUT2D eigenvalue weighted by Crippen LogP contribution is -2.40. The molecule has 2 N–H and O–H groups in total. The van der Waals surface area contributed by atoms with Crippen LogP contribution in [0.5, 0.6) is 0 Å². The highest BCUT2D eigenvalue weighted by Gasteiger charge is 2.42. The van der Waals surface area contributed by atoms with Crippen LogP contribution < -0.4 is 0 Å². The van der Waals surface area contributed by atoms with Crippen LogP contribution in [0.1, 0.15) is 54.4 Å². The van der Waals surface area contributed by atoms with Gasteiger partial charge in [-0.1, -0.05) is 36.8 Å². The summed E-state index contributed by atoms with van der Waals surface area (Å²) >= 11 is 1.51. The molecule has 2 aliphatic rings. The summed E-state index contributed by atoms with van der Waals surface area (Å²) in [5, 5.41) is 20.8. The minimum Gasteiger partial charge on any atom is -0.465 e. The molecule has 4 atom stereocenters. The van der Waals surface area contributed by atoms with E-state index in [2.05, 4.69) is 6.58 Å². The van der Waals surface area contributed by atoms with E-state index < -0.39 is 12.2 Å². The van der Waals surface area contributed by atoms with Gasteiger partial charge in [0.1, 0.15) is 5.78 Å². The van der Waals surface area contributed by atoms with E-state index in [0.717, 1.165) is 31.2 Å². The number of aliphatic hydroxyl groups excluding tert-OH is 2. The van der Waals surface area contributed by atoms with Crippen LogP contribution >= 0.6 is 11.8 Å². The summed E-state index contributed by atoms with van der Waals surface area (Å²) in [7, 11) is 1.35. The van der Waals surface area contributed by atoms with Gasteiger partial charge in [0.05, 0.1) is 30.1 Å². The Morgan fingerprint density at radius 2 is 2.06 bits per heavy atom. The Hall–Kier alpha value is -1.89.